The number of benzene rings is 3. The van der Waals surface area contributed by atoms with E-state index in [2.05, 4.69) is 39.4 Å². The predicted octanol–water partition coefficient (Wildman–Crippen LogP) is 6.47. The smallest absolute Gasteiger partial charge is 0.417 e. The van der Waals surface area contributed by atoms with Crippen LogP contribution in [0.2, 0.25) is 5.02 Å². The molecule has 3 aromatic carbocycles. The number of halogens is 4. The highest BCUT2D eigenvalue weighted by Crippen LogP contribution is 2.36. The molecule has 0 spiro atoms. The van der Waals surface area contributed by atoms with Gasteiger partial charge in [-0.15, -0.1) is 10.2 Å². The van der Waals surface area contributed by atoms with Crippen LogP contribution in [0.3, 0.4) is 0 Å². The number of nitrogens with zero attached hydrogens (tertiary/aromatic N) is 5. The first-order chi connectivity index (χ1) is 18.3. The van der Waals surface area contributed by atoms with Crippen molar-refractivity contribution < 1.29 is 17.9 Å². The fourth-order valence-corrected chi connectivity index (χ4v) is 4.60. The van der Waals surface area contributed by atoms with Crippen LogP contribution in [0.4, 0.5) is 13.2 Å². The van der Waals surface area contributed by atoms with Crippen LogP contribution in [0.15, 0.2) is 79.1 Å². The minimum Gasteiger partial charge on any atom is -0.494 e. The standard InChI is InChI=1S/C28H29ClF3N5O/c1-21(23-9-3-2-4-10-23)17-36(19-24-11-6-13-26(27(24)29)28(30,31)32)14-7-15-38-25-12-5-8-22(16-25)18-37-34-20-33-35-37/h2-6,8-13,16,20-21H,7,14-15,17-19H2,1H3/t21-/m0/s1. The molecule has 0 fully saturated rings. The Balaban J connectivity index is 1.40. The van der Waals surface area contributed by atoms with Gasteiger partial charge < -0.3 is 4.74 Å². The van der Waals surface area contributed by atoms with Crippen LogP contribution in [0.5, 0.6) is 5.75 Å². The minimum atomic E-state index is -4.50. The van der Waals surface area contributed by atoms with Crippen molar-refractivity contribution in [2.75, 3.05) is 19.7 Å². The summed E-state index contributed by atoms with van der Waals surface area (Å²) < 4.78 is 46.2. The van der Waals surface area contributed by atoms with Crippen LogP contribution in [-0.2, 0) is 19.3 Å². The second kappa shape index (κ2) is 12.9. The molecule has 200 valence electrons. The maximum absolute atomic E-state index is 13.4. The second-order valence-corrected chi connectivity index (χ2v) is 9.52. The van der Waals surface area contributed by atoms with Crippen molar-refractivity contribution in [1.29, 1.82) is 0 Å². The van der Waals surface area contributed by atoms with Gasteiger partial charge in [0.2, 0.25) is 0 Å². The maximum Gasteiger partial charge on any atom is 0.417 e. The Morgan fingerprint density at radius 1 is 1.03 bits per heavy atom. The molecular weight excluding hydrogens is 515 g/mol. The van der Waals surface area contributed by atoms with Crippen molar-refractivity contribution in [3.05, 3.63) is 106 Å². The van der Waals surface area contributed by atoms with Crippen LogP contribution in [0, 0.1) is 0 Å². The van der Waals surface area contributed by atoms with Crippen LogP contribution < -0.4 is 4.74 Å². The fourth-order valence-electron chi connectivity index (χ4n) is 4.31. The second-order valence-electron chi connectivity index (χ2n) is 9.14. The average molecular weight is 544 g/mol. The van der Waals surface area contributed by atoms with Crippen LogP contribution in [-0.4, -0.2) is 44.8 Å². The zero-order valence-corrected chi connectivity index (χ0v) is 21.7. The number of ether oxygens (including phenoxy) is 1. The van der Waals surface area contributed by atoms with Gasteiger partial charge in [0.05, 0.1) is 23.7 Å². The molecular formula is C28H29ClF3N5O. The lowest BCUT2D eigenvalue weighted by Gasteiger charge is -2.27. The molecule has 0 saturated carbocycles. The molecule has 1 atom stereocenters. The molecule has 0 unspecified atom stereocenters. The first-order valence-corrected chi connectivity index (χ1v) is 12.7. The summed E-state index contributed by atoms with van der Waals surface area (Å²) in [5.74, 6) is 0.913. The summed E-state index contributed by atoms with van der Waals surface area (Å²) in [4.78, 5) is 3.62. The number of hydrogen-bond donors (Lipinski definition) is 0. The lowest BCUT2D eigenvalue weighted by Crippen LogP contribution is -2.30. The van der Waals surface area contributed by atoms with Crippen molar-refractivity contribution in [1.82, 2.24) is 25.1 Å². The van der Waals surface area contributed by atoms with E-state index in [9.17, 15) is 13.2 Å². The highest BCUT2D eigenvalue weighted by molar-refractivity contribution is 6.32. The Morgan fingerprint density at radius 3 is 2.55 bits per heavy atom. The monoisotopic (exact) mass is 543 g/mol. The van der Waals surface area contributed by atoms with E-state index in [-0.39, 0.29) is 10.9 Å². The molecule has 0 aliphatic carbocycles. The van der Waals surface area contributed by atoms with Gasteiger partial charge in [0.1, 0.15) is 5.75 Å². The number of hydrogen-bond acceptors (Lipinski definition) is 5. The van der Waals surface area contributed by atoms with E-state index in [1.54, 1.807) is 6.07 Å². The summed E-state index contributed by atoms with van der Waals surface area (Å²) in [7, 11) is 0. The molecule has 0 radical (unpaired) electrons. The number of tetrazole rings is 1. The Hall–Kier alpha value is -3.43. The zero-order valence-electron chi connectivity index (χ0n) is 21.0. The van der Waals surface area contributed by atoms with Crippen molar-refractivity contribution in [3.63, 3.8) is 0 Å². The van der Waals surface area contributed by atoms with Crippen LogP contribution in [0.1, 0.15) is 41.5 Å². The Morgan fingerprint density at radius 2 is 1.82 bits per heavy atom. The first-order valence-electron chi connectivity index (χ1n) is 12.3. The molecule has 4 rings (SSSR count). The number of aromatic nitrogens is 4. The van der Waals surface area contributed by atoms with Gasteiger partial charge in [0, 0.05) is 19.6 Å². The molecule has 0 bridgehead atoms. The highest BCUT2D eigenvalue weighted by atomic mass is 35.5. The van der Waals surface area contributed by atoms with Crippen molar-refractivity contribution in [2.24, 2.45) is 0 Å². The van der Waals surface area contributed by atoms with E-state index < -0.39 is 11.7 Å². The summed E-state index contributed by atoms with van der Waals surface area (Å²) in [6.07, 6.45) is -2.42. The normalized spacial score (nSPS) is 12.6. The maximum atomic E-state index is 13.4. The fraction of sp³-hybridized carbons (Fsp3) is 0.321. The van der Waals surface area contributed by atoms with E-state index in [4.69, 9.17) is 16.3 Å². The third-order valence-electron chi connectivity index (χ3n) is 6.18. The van der Waals surface area contributed by atoms with Gasteiger partial charge in [0.15, 0.2) is 6.33 Å². The topological polar surface area (TPSA) is 56.1 Å². The van der Waals surface area contributed by atoms with Gasteiger partial charge in [-0.1, -0.05) is 73.1 Å². The predicted molar refractivity (Wildman–Crippen MR) is 140 cm³/mol. The first kappa shape index (κ1) is 27.6. The van der Waals surface area contributed by atoms with E-state index in [1.165, 1.54) is 22.8 Å². The SMILES string of the molecule is C[C@@H](CN(CCCOc1cccc(Cn2ncnn2)c1)Cc1cccc(C(F)(F)F)c1Cl)c1ccccc1. The summed E-state index contributed by atoms with van der Waals surface area (Å²) in [6.45, 7) is 4.66. The van der Waals surface area contributed by atoms with Gasteiger partial charge in [-0.25, -0.2) is 0 Å². The number of rotatable bonds is 12. The molecule has 0 aliphatic heterocycles. The van der Waals surface area contributed by atoms with Gasteiger partial charge >= 0.3 is 6.18 Å². The van der Waals surface area contributed by atoms with E-state index in [0.29, 0.717) is 44.8 Å². The minimum absolute atomic E-state index is 0.184. The molecule has 0 aliphatic rings. The lowest BCUT2D eigenvalue weighted by molar-refractivity contribution is -0.137. The van der Waals surface area contributed by atoms with Crippen LogP contribution >= 0.6 is 11.6 Å². The molecule has 1 heterocycles. The molecule has 0 saturated heterocycles. The van der Waals surface area contributed by atoms with Gasteiger partial charge in [-0.3, -0.25) is 4.90 Å². The largest absolute Gasteiger partial charge is 0.494 e. The molecule has 0 amide bonds. The summed E-state index contributed by atoms with van der Waals surface area (Å²) in [5, 5.41) is 11.4. The quantitative estimate of drug-likeness (QED) is 0.192. The lowest BCUT2D eigenvalue weighted by atomic mass is 10.00. The summed E-state index contributed by atoms with van der Waals surface area (Å²) in [6, 6.07) is 21.8. The van der Waals surface area contributed by atoms with E-state index in [0.717, 1.165) is 17.4 Å². The summed E-state index contributed by atoms with van der Waals surface area (Å²) >= 11 is 6.21. The highest BCUT2D eigenvalue weighted by Gasteiger charge is 2.34. The summed E-state index contributed by atoms with van der Waals surface area (Å²) in [5.41, 5.74) is 1.80. The third kappa shape index (κ3) is 7.79. The van der Waals surface area contributed by atoms with Gasteiger partial charge in [-0.2, -0.15) is 18.0 Å². The molecule has 38 heavy (non-hydrogen) atoms. The molecule has 1 aromatic heterocycles. The van der Waals surface area contributed by atoms with Gasteiger partial charge in [-0.05, 0) is 52.4 Å². The molecule has 4 aromatic rings. The number of alkyl halides is 3. The van der Waals surface area contributed by atoms with Crippen molar-refractivity contribution in [2.45, 2.75) is 38.5 Å². The Kier molecular flexibility index (Phi) is 9.36. The third-order valence-corrected chi connectivity index (χ3v) is 6.63. The Labute approximate surface area is 225 Å². The van der Waals surface area contributed by atoms with Crippen molar-refractivity contribution >= 4 is 11.6 Å². The Bertz CT molecular complexity index is 1290. The van der Waals surface area contributed by atoms with Crippen molar-refractivity contribution in [3.8, 4) is 5.75 Å². The van der Waals surface area contributed by atoms with Gasteiger partial charge in [0.25, 0.3) is 0 Å². The zero-order chi connectivity index (χ0) is 27.0. The molecule has 6 nitrogen and oxygen atoms in total. The molecule has 0 N–H and O–H groups in total. The van der Waals surface area contributed by atoms with Crippen LogP contribution in [0.25, 0.3) is 0 Å². The van der Waals surface area contributed by atoms with E-state index >= 15 is 0 Å². The molecule has 10 heteroatoms. The van der Waals surface area contributed by atoms with E-state index in [1.807, 2.05) is 42.5 Å². The average Bonchev–Trinajstić information content (AvgIpc) is 3.41.